The molecule has 19 rings (SSSR count). The fourth-order valence-electron chi connectivity index (χ4n) is 8.67. The first-order valence-electron chi connectivity index (χ1n) is 18.7. The summed E-state index contributed by atoms with van der Waals surface area (Å²) in [5.41, 5.74) is 0.163. The van der Waals surface area contributed by atoms with Crippen molar-refractivity contribution in [3.8, 4) is 0 Å². The molecule has 4 aromatic rings. The Morgan fingerprint density at radius 2 is 0.644 bits per heavy atom. The van der Waals surface area contributed by atoms with E-state index in [4.69, 9.17) is 0 Å². The molecule has 16 bridgehead atoms. The normalized spacial score (nSPS) is 21.2. The summed E-state index contributed by atoms with van der Waals surface area (Å²) in [6.07, 6.45) is 2.77. The van der Waals surface area contributed by atoms with E-state index < -0.39 is 82.8 Å². The smallest absolute Gasteiger partial charge is 0.327 e. The van der Waals surface area contributed by atoms with Crippen molar-refractivity contribution in [2.45, 2.75) is 44.2 Å². The van der Waals surface area contributed by atoms with E-state index >= 15 is 0 Å². The molecular weight excluding hydrogens is 805 g/mol. The predicted octanol–water partition coefficient (Wildman–Crippen LogP) is 4.33. The number of hydrogen-bond donors (Lipinski definition) is 2. The van der Waals surface area contributed by atoms with Crippen LogP contribution in [-0.2, 0) is 9.59 Å². The lowest BCUT2D eigenvalue weighted by Crippen LogP contribution is -2.52. The molecule has 0 saturated carbocycles. The van der Waals surface area contributed by atoms with Gasteiger partial charge in [0, 0.05) is 90.6 Å². The second kappa shape index (κ2) is 14.2. The third kappa shape index (κ3) is 5.60. The molecule has 15 heterocycles. The summed E-state index contributed by atoms with van der Waals surface area (Å²) in [4.78, 5) is 140. The minimum atomic E-state index is -1.76. The van der Waals surface area contributed by atoms with Crippen LogP contribution < -0.4 is 0 Å². The second-order valence-corrected chi connectivity index (χ2v) is 17.2. The average Bonchev–Trinajstić information content (AvgIpc) is 3.21. The van der Waals surface area contributed by atoms with E-state index in [9.17, 15) is 58.2 Å². The fraction of sp³-hybridized carbons (Fsp3) is 0.268. The van der Waals surface area contributed by atoms with E-state index in [2.05, 4.69) is 0 Å². The number of carbonyl (C=O) groups excluding carboxylic acids is 8. The lowest BCUT2D eigenvalue weighted by Gasteiger charge is -2.34. The van der Waals surface area contributed by atoms with Crippen LogP contribution in [0, 0.1) is 0 Å². The largest absolute Gasteiger partial charge is 0.480 e. The molecule has 298 valence electrons. The molecule has 8 amide bonds. The first-order valence-corrected chi connectivity index (χ1v) is 21.2. The molecule has 59 heavy (non-hydrogen) atoms. The van der Waals surface area contributed by atoms with E-state index in [1.165, 1.54) is 48.5 Å². The number of carboxylic acids is 2. The summed E-state index contributed by atoms with van der Waals surface area (Å²) in [6.45, 7) is 0.182. The van der Waals surface area contributed by atoms with Crippen LogP contribution in [0.15, 0.2) is 48.5 Å². The first kappa shape index (κ1) is 38.1. The van der Waals surface area contributed by atoms with Crippen molar-refractivity contribution in [3.63, 3.8) is 0 Å². The molecule has 16 nitrogen and oxygen atoms in total. The average molecular weight is 835 g/mol. The number of hydrogen-bond acceptors (Lipinski definition) is 12. The van der Waals surface area contributed by atoms with Gasteiger partial charge in [-0.05, 0) is 61.4 Å². The number of carbonyl (C=O) groups is 10. The van der Waals surface area contributed by atoms with Gasteiger partial charge < -0.3 is 10.2 Å². The van der Waals surface area contributed by atoms with Crippen molar-refractivity contribution >= 4 is 102 Å². The van der Waals surface area contributed by atoms with Crippen molar-refractivity contribution in [2.75, 3.05) is 24.6 Å². The summed E-state index contributed by atoms with van der Waals surface area (Å²) >= 11 is 0. The van der Waals surface area contributed by atoms with E-state index in [0.717, 1.165) is 31.4 Å². The Morgan fingerprint density at radius 1 is 0.407 bits per heavy atom. The molecular formula is C41H30N4O12S2. The standard InChI is InChI=1S/C41H30N4O12S2/c46-32-18-6-10-22-30-23-11-7-19(28(18)30)33(47)42(32)14-4-2-1-3-5-15-43-34(48)20-8-12-24-31-25(13-9-21(29(20)31)35(43)49)39(53)45(38(24)52)27(41(56)57)17-59-58-16-26(40(54)55)44(36(22)50)37(23)51/h6-13,26-27H,1-5,14-17H2,(H,54,55)(H,56,57)/t26-,27-/m0/s1. The van der Waals surface area contributed by atoms with Crippen LogP contribution in [0.4, 0.5) is 0 Å². The topological polar surface area (TPSA) is 224 Å². The number of aliphatic carboxylic acids is 2. The van der Waals surface area contributed by atoms with Crippen LogP contribution in [-0.4, -0.2) is 126 Å². The monoisotopic (exact) mass is 834 g/mol. The number of benzene rings is 4. The highest BCUT2D eigenvalue weighted by Gasteiger charge is 2.46. The molecule has 0 unspecified atom stereocenters. The van der Waals surface area contributed by atoms with E-state index in [1.807, 2.05) is 0 Å². The molecule has 0 aromatic heterocycles. The third-order valence-corrected chi connectivity index (χ3v) is 13.9. The van der Waals surface area contributed by atoms with Gasteiger partial charge in [-0.25, -0.2) is 9.59 Å². The molecule has 0 fully saturated rings. The maximum Gasteiger partial charge on any atom is 0.327 e. The minimum Gasteiger partial charge on any atom is -0.480 e. The fourth-order valence-corrected chi connectivity index (χ4v) is 11.1. The minimum absolute atomic E-state index is 0.0716. The predicted molar refractivity (Wildman–Crippen MR) is 210 cm³/mol. The molecule has 18 heteroatoms. The Labute approximate surface area is 340 Å². The van der Waals surface area contributed by atoms with Crippen molar-refractivity contribution in [1.82, 2.24) is 19.6 Å². The zero-order chi connectivity index (χ0) is 41.6. The van der Waals surface area contributed by atoms with Crippen LogP contribution in [0.3, 0.4) is 0 Å². The second-order valence-electron chi connectivity index (χ2n) is 14.7. The van der Waals surface area contributed by atoms with Gasteiger partial charge in [0.2, 0.25) is 0 Å². The van der Waals surface area contributed by atoms with Gasteiger partial charge >= 0.3 is 11.9 Å². The number of amides is 8. The van der Waals surface area contributed by atoms with Crippen molar-refractivity contribution in [3.05, 3.63) is 93.0 Å². The molecule has 0 spiro atoms. The third-order valence-electron chi connectivity index (χ3n) is 11.5. The Bertz CT molecular complexity index is 2410. The number of carboxylic acid groups (broad SMARTS) is 2. The van der Waals surface area contributed by atoms with Gasteiger partial charge in [-0.3, -0.25) is 58.0 Å². The van der Waals surface area contributed by atoms with E-state index in [-0.39, 0.29) is 79.1 Å². The van der Waals surface area contributed by atoms with Crippen LogP contribution in [0.5, 0.6) is 0 Å². The summed E-state index contributed by atoms with van der Waals surface area (Å²) in [7, 11) is 1.61. The zero-order valence-electron chi connectivity index (χ0n) is 30.7. The summed E-state index contributed by atoms with van der Waals surface area (Å²) in [5.74, 6) is -10.2. The first-order chi connectivity index (χ1) is 28.3. The Morgan fingerprint density at radius 3 is 0.898 bits per heavy atom. The summed E-state index contributed by atoms with van der Waals surface area (Å²) in [5, 5.41) is 21.0. The molecule has 15 aliphatic rings. The van der Waals surface area contributed by atoms with Gasteiger partial charge in [-0.2, -0.15) is 0 Å². The number of imide groups is 4. The zero-order valence-corrected chi connectivity index (χ0v) is 32.4. The molecule has 15 aliphatic heterocycles. The molecule has 2 N–H and O–H groups in total. The lowest BCUT2D eigenvalue weighted by molar-refractivity contribution is -0.141. The highest BCUT2D eigenvalue weighted by Crippen LogP contribution is 2.41. The van der Waals surface area contributed by atoms with Crippen molar-refractivity contribution in [1.29, 1.82) is 0 Å². The van der Waals surface area contributed by atoms with Gasteiger partial charge in [0.05, 0.1) is 0 Å². The molecule has 4 aromatic carbocycles. The summed E-state index contributed by atoms with van der Waals surface area (Å²) in [6, 6.07) is 7.33. The Hall–Kier alpha value is -6.40. The van der Waals surface area contributed by atoms with Crippen molar-refractivity contribution < 1.29 is 58.2 Å². The van der Waals surface area contributed by atoms with Gasteiger partial charge in [-0.1, -0.05) is 40.9 Å². The lowest BCUT2D eigenvalue weighted by atomic mass is 9.85. The molecule has 0 aliphatic carbocycles. The van der Waals surface area contributed by atoms with Crippen molar-refractivity contribution in [2.24, 2.45) is 0 Å². The molecule has 0 radical (unpaired) electrons. The number of rotatable bonds is 2. The van der Waals surface area contributed by atoms with Crippen LogP contribution >= 0.6 is 21.6 Å². The van der Waals surface area contributed by atoms with Gasteiger partial charge in [0.1, 0.15) is 12.1 Å². The maximum absolute atomic E-state index is 14.0. The van der Waals surface area contributed by atoms with Gasteiger partial charge in [-0.15, -0.1) is 0 Å². The Balaban J connectivity index is 1.07. The quantitative estimate of drug-likeness (QED) is 0.212. The Kier molecular flexibility index (Phi) is 9.15. The van der Waals surface area contributed by atoms with Crippen LogP contribution in [0.1, 0.15) is 115 Å². The maximum atomic E-state index is 14.0. The van der Waals surface area contributed by atoms with Crippen LogP contribution in [0.25, 0.3) is 21.5 Å². The van der Waals surface area contributed by atoms with E-state index in [1.54, 1.807) is 0 Å². The highest BCUT2D eigenvalue weighted by molar-refractivity contribution is 8.76. The molecule has 0 saturated heterocycles. The van der Waals surface area contributed by atoms with Crippen LogP contribution in [0.2, 0.25) is 0 Å². The highest BCUT2D eigenvalue weighted by atomic mass is 33.1. The van der Waals surface area contributed by atoms with E-state index in [0.29, 0.717) is 41.9 Å². The van der Waals surface area contributed by atoms with Gasteiger partial charge in [0.25, 0.3) is 47.3 Å². The summed E-state index contributed by atoms with van der Waals surface area (Å²) < 4.78 is 0. The molecule has 2 atom stereocenters. The number of nitrogens with zero attached hydrogens (tertiary/aromatic N) is 4. The SMILES string of the molecule is O=C(O)[C@@H]1CSSC[C@@H](C(=O)O)N2C(=O)c3ccc4c5c(ccc(c35)C2=O)C(=O)N(CCCCCCCN2C(=O)c3ccc5c6c(ccc(c36)C2=O)C(=O)N1C5=O)C4=O. The van der Waals surface area contributed by atoms with Gasteiger partial charge in [0.15, 0.2) is 0 Å².